The molecule has 1 fully saturated rings. The molecule has 0 unspecified atom stereocenters. The molecular formula is C13H15N3O3S. The lowest BCUT2D eigenvalue weighted by atomic mass is 10.2. The van der Waals surface area contributed by atoms with Gasteiger partial charge in [0.25, 0.3) is 5.56 Å². The van der Waals surface area contributed by atoms with Gasteiger partial charge in [-0.05, 0) is 24.3 Å². The first-order chi connectivity index (χ1) is 9.74. The number of carbonyl (C=O) groups excluding carboxylic acids is 1. The Labute approximate surface area is 119 Å². The van der Waals surface area contributed by atoms with Gasteiger partial charge in [0.05, 0.1) is 17.8 Å². The number of aromatic nitrogens is 2. The molecule has 3 heterocycles. The molecule has 1 aliphatic rings. The predicted molar refractivity (Wildman–Crippen MR) is 75.9 cm³/mol. The summed E-state index contributed by atoms with van der Waals surface area (Å²) >= 11 is 1.41. The van der Waals surface area contributed by atoms with E-state index in [1.54, 1.807) is 6.07 Å². The third kappa shape index (κ3) is 2.73. The van der Waals surface area contributed by atoms with E-state index < -0.39 is 0 Å². The van der Waals surface area contributed by atoms with E-state index in [0.29, 0.717) is 16.8 Å². The maximum absolute atomic E-state index is 12.1. The summed E-state index contributed by atoms with van der Waals surface area (Å²) in [6, 6.07) is 1.73. The van der Waals surface area contributed by atoms with Crippen LogP contribution in [0.5, 0.6) is 0 Å². The van der Waals surface area contributed by atoms with Gasteiger partial charge in [-0.25, -0.2) is 4.98 Å². The van der Waals surface area contributed by atoms with Crippen LogP contribution in [-0.4, -0.2) is 34.7 Å². The van der Waals surface area contributed by atoms with Crippen molar-refractivity contribution in [3.05, 3.63) is 28.1 Å². The maximum Gasteiger partial charge on any atom is 0.262 e. The molecule has 106 valence electrons. The Morgan fingerprint density at radius 2 is 2.50 bits per heavy atom. The van der Waals surface area contributed by atoms with Gasteiger partial charge in [0.15, 0.2) is 0 Å². The van der Waals surface area contributed by atoms with E-state index in [2.05, 4.69) is 10.3 Å². The number of nitrogens with one attached hydrogen (secondary N) is 1. The Kier molecular flexibility index (Phi) is 3.79. The van der Waals surface area contributed by atoms with Crippen LogP contribution < -0.4 is 10.9 Å². The van der Waals surface area contributed by atoms with Crippen LogP contribution >= 0.6 is 11.3 Å². The summed E-state index contributed by atoms with van der Waals surface area (Å²) in [6.45, 7) is 1.25. The van der Waals surface area contributed by atoms with E-state index in [0.717, 1.165) is 19.4 Å². The first-order valence-corrected chi connectivity index (χ1v) is 7.43. The van der Waals surface area contributed by atoms with Gasteiger partial charge in [0, 0.05) is 13.2 Å². The van der Waals surface area contributed by atoms with Gasteiger partial charge in [-0.1, -0.05) is 0 Å². The molecule has 1 N–H and O–H groups in total. The van der Waals surface area contributed by atoms with Crippen LogP contribution in [0.3, 0.4) is 0 Å². The highest BCUT2D eigenvalue weighted by Crippen LogP contribution is 2.13. The highest BCUT2D eigenvalue weighted by molar-refractivity contribution is 7.16. The molecule has 0 aliphatic carbocycles. The van der Waals surface area contributed by atoms with Gasteiger partial charge in [-0.2, -0.15) is 0 Å². The minimum atomic E-state index is -0.195. The van der Waals surface area contributed by atoms with Crippen molar-refractivity contribution in [1.29, 1.82) is 0 Å². The molecule has 3 rings (SSSR count). The molecule has 1 saturated heterocycles. The molecule has 20 heavy (non-hydrogen) atoms. The second-order valence-corrected chi connectivity index (χ2v) is 5.65. The van der Waals surface area contributed by atoms with Crippen LogP contribution in [0.1, 0.15) is 12.8 Å². The van der Waals surface area contributed by atoms with E-state index in [1.165, 1.54) is 22.2 Å². The van der Waals surface area contributed by atoms with Gasteiger partial charge in [-0.15, -0.1) is 11.3 Å². The fourth-order valence-corrected chi connectivity index (χ4v) is 2.97. The molecule has 1 aliphatic heterocycles. The zero-order valence-corrected chi connectivity index (χ0v) is 11.7. The predicted octanol–water partition coefficient (Wildman–Crippen LogP) is 0.753. The third-order valence-corrected chi connectivity index (χ3v) is 4.14. The quantitative estimate of drug-likeness (QED) is 0.903. The minimum absolute atomic E-state index is 0.00958. The highest BCUT2D eigenvalue weighted by Gasteiger charge is 2.16. The topological polar surface area (TPSA) is 73.2 Å². The molecule has 0 bridgehead atoms. The lowest BCUT2D eigenvalue weighted by molar-refractivity contribution is -0.122. The van der Waals surface area contributed by atoms with Crippen LogP contribution in [0, 0.1) is 0 Å². The van der Waals surface area contributed by atoms with Gasteiger partial charge in [0.1, 0.15) is 11.4 Å². The number of hydrogen-bond donors (Lipinski definition) is 1. The van der Waals surface area contributed by atoms with Gasteiger partial charge >= 0.3 is 0 Å². The fraction of sp³-hybridized carbons (Fsp3) is 0.462. The zero-order chi connectivity index (χ0) is 13.9. The molecular weight excluding hydrogens is 278 g/mol. The average Bonchev–Trinajstić information content (AvgIpc) is 3.10. The summed E-state index contributed by atoms with van der Waals surface area (Å²) in [5.74, 6) is -0.195. The smallest absolute Gasteiger partial charge is 0.262 e. The lowest BCUT2D eigenvalue weighted by Crippen LogP contribution is -2.36. The van der Waals surface area contributed by atoms with Crippen LogP contribution in [0.2, 0.25) is 0 Å². The molecule has 0 radical (unpaired) electrons. The molecule has 0 aromatic carbocycles. The van der Waals surface area contributed by atoms with E-state index in [1.807, 2.05) is 5.38 Å². The summed E-state index contributed by atoms with van der Waals surface area (Å²) in [7, 11) is 0. The van der Waals surface area contributed by atoms with Crippen LogP contribution in [0.4, 0.5) is 0 Å². The normalized spacial score (nSPS) is 18.5. The van der Waals surface area contributed by atoms with Crippen LogP contribution in [0.25, 0.3) is 10.2 Å². The summed E-state index contributed by atoms with van der Waals surface area (Å²) < 4.78 is 6.76. The van der Waals surface area contributed by atoms with Crippen LogP contribution in [0.15, 0.2) is 22.6 Å². The summed E-state index contributed by atoms with van der Waals surface area (Å²) in [5.41, 5.74) is -0.177. The Bertz CT molecular complexity index is 673. The number of thiophene rings is 1. The van der Waals surface area contributed by atoms with Crippen molar-refractivity contribution >= 4 is 27.5 Å². The Balaban J connectivity index is 1.64. The number of fused-ring (bicyclic) bond motifs is 1. The Morgan fingerprint density at radius 3 is 3.30 bits per heavy atom. The molecule has 2 aromatic heterocycles. The fourth-order valence-electron chi connectivity index (χ4n) is 2.25. The van der Waals surface area contributed by atoms with Crippen molar-refractivity contribution in [3.63, 3.8) is 0 Å². The Hall–Kier alpha value is -1.73. The van der Waals surface area contributed by atoms with Crippen molar-refractivity contribution in [2.45, 2.75) is 25.5 Å². The summed E-state index contributed by atoms with van der Waals surface area (Å²) in [6.07, 6.45) is 3.54. The molecule has 2 aromatic rings. The SMILES string of the molecule is O=C(Cn1cnc2sccc2c1=O)NC[C@@H]1CCCO1. The molecule has 1 atom stereocenters. The molecule has 7 heteroatoms. The maximum atomic E-state index is 12.1. The Morgan fingerprint density at radius 1 is 1.60 bits per heavy atom. The van der Waals surface area contributed by atoms with Gasteiger partial charge in [0.2, 0.25) is 5.91 Å². The largest absolute Gasteiger partial charge is 0.376 e. The van der Waals surface area contributed by atoms with Crippen molar-refractivity contribution in [2.75, 3.05) is 13.2 Å². The van der Waals surface area contributed by atoms with E-state index in [9.17, 15) is 9.59 Å². The van der Waals surface area contributed by atoms with Crippen molar-refractivity contribution < 1.29 is 9.53 Å². The zero-order valence-electron chi connectivity index (χ0n) is 10.9. The highest BCUT2D eigenvalue weighted by atomic mass is 32.1. The van der Waals surface area contributed by atoms with Gasteiger partial charge in [-0.3, -0.25) is 14.2 Å². The second-order valence-electron chi connectivity index (χ2n) is 4.76. The number of carbonyl (C=O) groups is 1. The first kappa shape index (κ1) is 13.3. The van der Waals surface area contributed by atoms with Crippen LogP contribution in [-0.2, 0) is 16.1 Å². The number of amides is 1. The number of ether oxygens (including phenoxy) is 1. The lowest BCUT2D eigenvalue weighted by Gasteiger charge is -2.11. The van der Waals surface area contributed by atoms with E-state index in [4.69, 9.17) is 4.74 Å². The number of nitrogens with zero attached hydrogens (tertiary/aromatic N) is 2. The number of hydrogen-bond acceptors (Lipinski definition) is 5. The number of rotatable bonds is 4. The third-order valence-electron chi connectivity index (χ3n) is 3.32. The monoisotopic (exact) mass is 293 g/mol. The van der Waals surface area contributed by atoms with Crippen molar-refractivity contribution in [2.24, 2.45) is 0 Å². The van der Waals surface area contributed by atoms with E-state index in [-0.39, 0.29) is 24.1 Å². The minimum Gasteiger partial charge on any atom is -0.376 e. The molecule has 0 spiro atoms. The standard InChI is InChI=1S/C13H15N3O3S/c17-11(14-6-9-2-1-4-19-9)7-16-8-15-12-10(13(16)18)3-5-20-12/h3,5,8-9H,1-2,4,6-7H2,(H,14,17)/t9-/m0/s1. The summed E-state index contributed by atoms with van der Waals surface area (Å²) in [5, 5.41) is 5.17. The van der Waals surface area contributed by atoms with E-state index >= 15 is 0 Å². The molecule has 0 saturated carbocycles. The molecule has 1 amide bonds. The summed E-state index contributed by atoms with van der Waals surface area (Å²) in [4.78, 5) is 28.8. The second kappa shape index (κ2) is 5.72. The average molecular weight is 293 g/mol. The van der Waals surface area contributed by atoms with Crippen molar-refractivity contribution in [1.82, 2.24) is 14.9 Å². The van der Waals surface area contributed by atoms with Crippen molar-refractivity contribution in [3.8, 4) is 0 Å². The van der Waals surface area contributed by atoms with Gasteiger partial charge < -0.3 is 10.1 Å². The first-order valence-electron chi connectivity index (χ1n) is 6.55. The molecule has 6 nitrogen and oxygen atoms in total.